The quantitative estimate of drug-likeness (QED) is 0.456. The summed E-state index contributed by atoms with van der Waals surface area (Å²) in [7, 11) is 0. The highest BCUT2D eigenvalue weighted by Gasteiger charge is 2.83. The van der Waals surface area contributed by atoms with Crippen LogP contribution < -0.4 is 0 Å². The number of epoxide rings is 2. The van der Waals surface area contributed by atoms with Crippen LogP contribution in [0.15, 0.2) is 11.1 Å². The molecule has 0 aromatic rings. The number of ether oxygens (including phenoxy) is 3. The van der Waals surface area contributed by atoms with Crippen LogP contribution in [-0.4, -0.2) is 63.7 Å². The van der Waals surface area contributed by atoms with Gasteiger partial charge in [0.1, 0.15) is 35.6 Å². The second kappa shape index (κ2) is 6.58. The lowest BCUT2D eigenvalue weighted by molar-refractivity contribution is -0.202. The molecule has 4 saturated carbocycles. The smallest absolute Gasteiger partial charge is 0.334 e. The number of cyclic esters (lactones) is 1. The Morgan fingerprint density at radius 1 is 1.03 bits per heavy atom. The summed E-state index contributed by atoms with van der Waals surface area (Å²) < 4.78 is 17.9. The van der Waals surface area contributed by atoms with Crippen molar-refractivity contribution in [3.05, 3.63) is 11.1 Å². The summed E-state index contributed by atoms with van der Waals surface area (Å²) in [6, 6.07) is 0. The van der Waals surface area contributed by atoms with Gasteiger partial charge in [-0.15, -0.1) is 0 Å². The number of Topliss-reactive ketones (excluding diaryl/α,β-unsaturated/α-hetero) is 1. The zero-order chi connectivity index (χ0) is 24.9. The third-order valence-electron chi connectivity index (χ3n) is 12.3. The lowest BCUT2D eigenvalue weighted by Gasteiger charge is -2.61. The van der Waals surface area contributed by atoms with Crippen LogP contribution in [0.5, 0.6) is 0 Å². The van der Waals surface area contributed by atoms with Gasteiger partial charge in [0.05, 0.1) is 6.10 Å². The van der Waals surface area contributed by atoms with Crippen molar-refractivity contribution in [2.45, 2.75) is 115 Å². The number of rotatable bonds is 2. The summed E-state index contributed by atoms with van der Waals surface area (Å²) in [4.78, 5) is 25.0. The van der Waals surface area contributed by atoms with Crippen molar-refractivity contribution in [2.75, 3.05) is 0 Å². The van der Waals surface area contributed by atoms with Gasteiger partial charge in [0.2, 0.25) is 0 Å². The SMILES string of the molecule is CC1=C(C)C(=O)O[C@@H]([C@](C)(O)[C@H]2CC[C@H]3[C@@H]4[C@@H]5O[C@@H]5[C@@]5(O)CC(=O)[C@@H]6O[C@@H]6[C@]5(C)[C@H]4CC[C@]23C)C1. The normalized spacial score (nSPS) is 57.7. The molecule has 7 aliphatic rings. The molecular weight excluding hydrogens is 448 g/mol. The summed E-state index contributed by atoms with van der Waals surface area (Å²) in [5.74, 6) is 0.557. The summed E-state index contributed by atoms with van der Waals surface area (Å²) in [5, 5.41) is 23.8. The van der Waals surface area contributed by atoms with Gasteiger partial charge in [0.25, 0.3) is 0 Å². The Morgan fingerprint density at radius 2 is 1.77 bits per heavy atom. The van der Waals surface area contributed by atoms with Gasteiger partial charge in [-0.05, 0) is 75.5 Å². The van der Waals surface area contributed by atoms with Gasteiger partial charge in [-0.1, -0.05) is 19.4 Å². The van der Waals surface area contributed by atoms with Crippen LogP contribution in [0.4, 0.5) is 0 Å². The molecule has 2 saturated heterocycles. The van der Waals surface area contributed by atoms with Gasteiger partial charge in [0.15, 0.2) is 5.78 Å². The fraction of sp³-hybridized carbons (Fsp3) is 0.857. The number of aliphatic hydroxyl groups is 2. The van der Waals surface area contributed by atoms with E-state index in [4.69, 9.17) is 14.2 Å². The maximum atomic E-state index is 12.6. The van der Waals surface area contributed by atoms with Crippen molar-refractivity contribution < 1.29 is 34.0 Å². The van der Waals surface area contributed by atoms with Crippen molar-refractivity contribution in [3.63, 3.8) is 0 Å². The second-order valence-electron chi connectivity index (χ2n) is 13.5. The van der Waals surface area contributed by atoms with Gasteiger partial charge in [-0.3, -0.25) is 4.79 Å². The average molecular weight is 487 g/mol. The molecule has 0 spiro atoms. The van der Waals surface area contributed by atoms with E-state index < -0.39 is 22.7 Å². The largest absolute Gasteiger partial charge is 0.456 e. The lowest BCUT2D eigenvalue weighted by atomic mass is 9.43. The Balaban J connectivity index is 1.21. The molecule has 0 bridgehead atoms. The van der Waals surface area contributed by atoms with E-state index >= 15 is 0 Å². The summed E-state index contributed by atoms with van der Waals surface area (Å²) >= 11 is 0. The Bertz CT molecular complexity index is 1060. The van der Waals surface area contributed by atoms with E-state index in [1.165, 1.54) is 0 Å². The first-order chi connectivity index (χ1) is 16.4. The Labute approximate surface area is 206 Å². The molecule has 2 N–H and O–H groups in total. The molecule has 3 heterocycles. The van der Waals surface area contributed by atoms with Crippen LogP contribution in [0.1, 0.15) is 73.1 Å². The van der Waals surface area contributed by atoms with Crippen molar-refractivity contribution in [1.82, 2.24) is 0 Å². The number of ketones is 1. The molecule has 7 rings (SSSR count). The van der Waals surface area contributed by atoms with Crippen molar-refractivity contribution in [3.8, 4) is 0 Å². The summed E-state index contributed by atoms with van der Waals surface area (Å²) in [6.07, 6.45) is 2.97. The molecule has 3 aliphatic heterocycles. The molecular formula is C28H38O7. The zero-order valence-electron chi connectivity index (χ0n) is 21.4. The van der Waals surface area contributed by atoms with E-state index in [9.17, 15) is 19.8 Å². The summed E-state index contributed by atoms with van der Waals surface area (Å²) in [6.45, 7) is 10.1. The monoisotopic (exact) mass is 486 g/mol. The third kappa shape index (κ3) is 2.56. The first-order valence-corrected chi connectivity index (χ1v) is 13.5. The first-order valence-electron chi connectivity index (χ1n) is 13.5. The molecule has 35 heavy (non-hydrogen) atoms. The molecule has 7 nitrogen and oxygen atoms in total. The van der Waals surface area contributed by atoms with Crippen LogP contribution in [0, 0.1) is 34.5 Å². The standard InChI is InChI=1S/C28H38O7/c1-12-10-18(33-24(30)13(12)2)27(5,31)17-7-6-14-19-15(8-9-25(14,17)3)26(4)22-20(34-22)16(29)11-28(26,32)23-21(19)35-23/h14-15,17-23,31-32H,6-11H2,1-5H3/t14-,15-,17-,18+,19-,20-,21-,22-,23-,25-,26-,27+,28-/m0/s1. The molecule has 0 unspecified atom stereocenters. The molecule has 7 heteroatoms. The average Bonchev–Trinajstić information content (AvgIpc) is 3.69. The summed E-state index contributed by atoms with van der Waals surface area (Å²) in [5.41, 5.74) is -1.23. The van der Waals surface area contributed by atoms with Gasteiger partial charge in [0, 0.05) is 23.8 Å². The number of fused-ring (bicyclic) bond motifs is 10. The van der Waals surface area contributed by atoms with E-state index in [0.717, 1.165) is 31.3 Å². The minimum absolute atomic E-state index is 0.00799. The molecule has 13 atom stereocenters. The predicted molar refractivity (Wildman–Crippen MR) is 124 cm³/mol. The topological polar surface area (TPSA) is 109 Å². The molecule has 0 aromatic heterocycles. The number of carbonyl (C=O) groups excluding carboxylic acids is 2. The third-order valence-corrected chi connectivity index (χ3v) is 12.3. The fourth-order valence-corrected chi connectivity index (χ4v) is 10.1. The van der Waals surface area contributed by atoms with Gasteiger partial charge in [-0.2, -0.15) is 0 Å². The van der Waals surface area contributed by atoms with Crippen molar-refractivity contribution in [2.24, 2.45) is 34.5 Å². The maximum absolute atomic E-state index is 12.6. The Morgan fingerprint density at radius 3 is 2.49 bits per heavy atom. The molecule has 0 radical (unpaired) electrons. The Kier molecular flexibility index (Phi) is 4.30. The molecule has 0 aromatic carbocycles. The fourth-order valence-electron chi connectivity index (χ4n) is 10.1. The maximum Gasteiger partial charge on any atom is 0.334 e. The van der Waals surface area contributed by atoms with Gasteiger partial charge < -0.3 is 24.4 Å². The number of hydrogen-bond acceptors (Lipinski definition) is 7. The van der Waals surface area contributed by atoms with Crippen LogP contribution in [-0.2, 0) is 23.8 Å². The van der Waals surface area contributed by atoms with E-state index in [1.807, 2.05) is 13.8 Å². The van der Waals surface area contributed by atoms with Crippen LogP contribution >= 0.6 is 0 Å². The highest BCUT2D eigenvalue weighted by Crippen LogP contribution is 2.74. The molecule has 4 aliphatic carbocycles. The minimum atomic E-state index is -1.15. The van der Waals surface area contributed by atoms with Crippen LogP contribution in [0.2, 0.25) is 0 Å². The van der Waals surface area contributed by atoms with E-state index in [-0.39, 0.29) is 65.8 Å². The van der Waals surface area contributed by atoms with Crippen molar-refractivity contribution >= 4 is 11.8 Å². The first kappa shape index (κ1) is 22.9. The lowest BCUT2D eigenvalue weighted by Crippen LogP contribution is -2.69. The molecule has 192 valence electrons. The highest BCUT2D eigenvalue weighted by atomic mass is 16.6. The minimum Gasteiger partial charge on any atom is -0.456 e. The van der Waals surface area contributed by atoms with E-state index in [2.05, 4.69) is 13.8 Å². The van der Waals surface area contributed by atoms with Crippen molar-refractivity contribution in [1.29, 1.82) is 0 Å². The van der Waals surface area contributed by atoms with Gasteiger partial charge in [-0.25, -0.2) is 4.79 Å². The Hall–Kier alpha value is -1.28. The second-order valence-corrected chi connectivity index (χ2v) is 13.5. The van der Waals surface area contributed by atoms with E-state index in [0.29, 0.717) is 17.9 Å². The number of hydrogen-bond donors (Lipinski definition) is 2. The van der Waals surface area contributed by atoms with Crippen LogP contribution in [0.3, 0.4) is 0 Å². The number of esters is 1. The number of carbonyl (C=O) groups is 2. The zero-order valence-corrected chi connectivity index (χ0v) is 21.4. The predicted octanol–water partition coefficient (Wildman–Crippen LogP) is 2.71. The highest BCUT2D eigenvalue weighted by molar-refractivity contribution is 5.90. The van der Waals surface area contributed by atoms with Crippen LogP contribution in [0.25, 0.3) is 0 Å². The van der Waals surface area contributed by atoms with E-state index in [1.54, 1.807) is 6.92 Å². The van der Waals surface area contributed by atoms with Gasteiger partial charge >= 0.3 is 5.97 Å². The molecule has 6 fully saturated rings. The molecule has 0 amide bonds.